The molecule has 0 radical (unpaired) electrons. The summed E-state index contributed by atoms with van der Waals surface area (Å²) in [5.41, 5.74) is 0. The minimum Gasteiger partial charge on any atom is -0.381 e. The van der Waals surface area contributed by atoms with Crippen LogP contribution in [-0.2, 0) is 4.74 Å². The van der Waals surface area contributed by atoms with Gasteiger partial charge in [0, 0.05) is 13.2 Å². The fourth-order valence-electron chi connectivity index (χ4n) is 0.595. The number of ether oxygens (including phenoxy) is 1. The van der Waals surface area contributed by atoms with Crippen molar-refractivity contribution < 1.29 is 4.74 Å². The summed E-state index contributed by atoms with van der Waals surface area (Å²) in [6.45, 7) is 6.28. The molecule has 0 aromatic rings. The summed E-state index contributed by atoms with van der Waals surface area (Å²) in [5, 5.41) is 0. The Hall–Kier alpha value is 0.210. The van der Waals surface area contributed by atoms with Gasteiger partial charge in [-0.05, 0) is 12.8 Å². The van der Waals surface area contributed by atoms with Crippen LogP contribution in [0.3, 0.4) is 0 Å². The Kier molecular flexibility index (Phi) is 26.3. The third-order valence-corrected chi connectivity index (χ3v) is 1.28. The van der Waals surface area contributed by atoms with Crippen molar-refractivity contribution in [1.29, 1.82) is 0 Å². The van der Waals surface area contributed by atoms with Crippen LogP contribution in [0.15, 0.2) is 0 Å². The Morgan fingerprint density at radius 2 is 1.27 bits per heavy atom. The standard InChI is InChI=1S/C8H18O.ClH.H3N/c1-3-5-7-9-8-6-4-2;;/h3-8H2,1-2H3;1H;1H3. The molecular weight excluding hydrogens is 162 g/mol. The highest BCUT2D eigenvalue weighted by atomic mass is 35.5. The second-order valence-electron chi connectivity index (χ2n) is 2.32. The zero-order chi connectivity index (χ0) is 6.95. The molecule has 0 heterocycles. The first kappa shape index (κ1) is 17.3. The van der Waals surface area contributed by atoms with Gasteiger partial charge in [0.1, 0.15) is 0 Å². The third kappa shape index (κ3) is 17.8. The predicted octanol–water partition coefficient (Wildman–Crippen LogP) is 3.19. The molecule has 0 aliphatic heterocycles. The molecule has 0 fully saturated rings. The van der Waals surface area contributed by atoms with Crippen LogP contribution in [0.4, 0.5) is 0 Å². The van der Waals surface area contributed by atoms with Gasteiger partial charge in [0.05, 0.1) is 0 Å². The first-order valence-electron chi connectivity index (χ1n) is 3.99. The van der Waals surface area contributed by atoms with Gasteiger partial charge in [-0.1, -0.05) is 26.7 Å². The van der Waals surface area contributed by atoms with Crippen molar-refractivity contribution in [2.45, 2.75) is 39.5 Å². The molecule has 11 heavy (non-hydrogen) atoms. The van der Waals surface area contributed by atoms with E-state index in [0.29, 0.717) is 0 Å². The van der Waals surface area contributed by atoms with E-state index in [1.54, 1.807) is 0 Å². The topological polar surface area (TPSA) is 44.2 Å². The first-order chi connectivity index (χ1) is 4.41. The third-order valence-electron chi connectivity index (χ3n) is 1.28. The van der Waals surface area contributed by atoms with Crippen molar-refractivity contribution in [1.82, 2.24) is 6.15 Å². The zero-order valence-electron chi connectivity index (χ0n) is 7.77. The molecule has 0 aliphatic rings. The van der Waals surface area contributed by atoms with E-state index < -0.39 is 0 Å². The van der Waals surface area contributed by atoms with Gasteiger partial charge in [0.25, 0.3) is 0 Å². The van der Waals surface area contributed by atoms with Gasteiger partial charge >= 0.3 is 0 Å². The maximum absolute atomic E-state index is 5.31. The minimum atomic E-state index is 0. The van der Waals surface area contributed by atoms with E-state index in [2.05, 4.69) is 13.8 Å². The van der Waals surface area contributed by atoms with Crippen LogP contribution >= 0.6 is 12.4 Å². The zero-order valence-corrected chi connectivity index (χ0v) is 8.58. The van der Waals surface area contributed by atoms with Crippen molar-refractivity contribution >= 4 is 12.4 Å². The van der Waals surface area contributed by atoms with E-state index in [0.717, 1.165) is 13.2 Å². The van der Waals surface area contributed by atoms with E-state index in [9.17, 15) is 0 Å². The molecule has 0 aromatic carbocycles. The van der Waals surface area contributed by atoms with Gasteiger partial charge in [-0.15, -0.1) is 12.4 Å². The van der Waals surface area contributed by atoms with Gasteiger partial charge in [0.15, 0.2) is 0 Å². The lowest BCUT2D eigenvalue weighted by molar-refractivity contribution is 0.128. The van der Waals surface area contributed by atoms with Crippen LogP contribution in [0.1, 0.15) is 39.5 Å². The molecule has 3 N–H and O–H groups in total. The molecule has 0 saturated heterocycles. The predicted molar refractivity (Wildman–Crippen MR) is 52.9 cm³/mol. The highest BCUT2D eigenvalue weighted by Gasteiger charge is 1.84. The van der Waals surface area contributed by atoms with Crippen LogP contribution in [0.5, 0.6) is 0 Å². The molecule has 0 unspecified atom stereocenters. The Morgan fingerprint density at radius 1 is 0.909 bits per heavy atom. The molecule has 0 atom stereocenters. The van der Waals surface area contributed by atoms with Crippen LogP contribution in [-0.4, -0.2) is 13.2 Å². The number of halogens is 1. The van der Waals surface area contributed by atoms with Crippen molar-refractivity contribution in [2.75, 3.05) is 13.2 Å². The molecular formula is C8H22ClNO. The van der Waals surface area contributed by atoms with E-state index in [-0.39, 0.29) is 18.6 Å². The number of hydrogen-bond acceptors (Lipinski definition) is 2. The molecule has 0 spiro atoms. The lowest BCUT2D eigenvalue weighted by Crippen LogP contribution is -1.95. The molecule has 0 rings (SSSR count). The van der Waals surface area contributed by atoms with Crippen molar-refractivity contribution in [3.8, 4) is 0 Å². The van der Waals surface area contributed by atoms with E-state index in [1.165, 1.54) is 25.7 Å². The number of hydrogen-bond donors (Lipinski definition) is 1. The highest BCUT2D eigenvalue weighted by Crippen LogP contribution is 1.91. The Labute approximate surface area is 76.7 Å². The second-order valence-corrected chi connectivity index (χ2v) is 2.32. The van der Waals surface area contributed by atoms with E-state index >= 15 is 0 Å². The average molecular weight is 184 g/mol. The fourth-order valence-corrected chi connectivity index (χ4v) is 0.595. The second kappa shape index (κ2) is 16.7. The SMILES string of the molecule is CCCCOCCCC.Cl.N. The number of unbranched alkanes of at least 4 members (excludes halogenated alkanes) is 2. The van der Waals surface area contributed by atoms with Crippen molar-refractivity contribution in [3.05, 3.63) is 0 Å². The summed E-state index contributed by atoms with van der Waals surface area (Å²) in [4.78, 5) is 0. The molecule has 0 bridgehead atoms. The first-order valence-corrected chi connectivity index (χ1v) is 3.99. The average Bonchev–Trinajstić information content (AvgIpc) is 1.89. The lowest BCUT2D eigenvalue weighted by atomic mass is 10.3. The minimum absolute atomic E-state index is 0. The molecule has 2 nitrogen and oxygen atoms in total. The van der Waals surface area contributed by atoms with E-state index in [1.807, 2.05) is 0 Å². The summed E-state index contributed by atoms with van der Waals surface area (Å²) in [7, 11) is 0. The van der Waals surface area contributed by atoms with Gasteiger partial charge in [-0.25, -0.2) is 0 Å². The van der Waals surface area contributed by atoms with Crippen molar-refractivity contribution in [3.63, 3.8) is 0 Å². The normalized spacial score (nSPS) is 8.18. The molecule has 0 amide bonds. The molecule has 0 aromatic heterocycles. The molecule has 72 valence electrons. The Balaban J connectivity index is -0.000000320. The van der Waals surface area contributed by atoms with Gasteiger partial charge in [-0.3, -0.25) is 0 Å². The fraction of sp³-hybridized carbons (Fsp3) is 1.00. The van der Waals surface area contributed by atoms with Crippen LogP contribution < -0.4 is 6.15 Å². The summed E-state index contributed by atoms with van der Waals surface area (Å²) < 4.78 is 5.31. The van der Waals surface area contributed by atoms with Gasteiger partial charge < -0.3 is 10.9 Å². The highest BCUT2D eigenvalue weighted by molar-refractivity contribution is 5.85. The molecule has 3 heteroatoms. The molecule has 0 aliphatic carbocycles. The summed E-state index contributed by atoms with van der Waals surface area (Å²) in [6.07, 6.45) is 4.91. The number of rotatable bonds is 6. The van der Waals surface area contributed by atoms with Gasteiger partial charge in [0.2, 0.25) is 0 Å². The summed E-state index contributed by atoms with van der Waals surface area (Å²) in [6, 6.07) is 0. The summed E-state index contributed by atoms with van der Waals surface area (Å²) >= 11 is 0. The van der Waals surface area contributed by atoms with Crippen molar-refractivity contribution in [2.24, 2.45) is 0 Å². The Bertz CT molecular complexity index is 47.4. The van der Waals surface area contributed by atoms with Gasteiger partial charge in [-0.2, -0.15) is 0 Å². The smallest absolute Gasteiger partial charge is 0.0465 e. The summed E-state index contributed by atoms with van der Waals surface area (Å²) in [5.74, 6) is 0. The maximum atomic E-state index is 5.31. The quantitative estimate of drug-likeness (QED) is 0.643. The van der Waals surface area contributed by atoms with Crippen LogP contribution in [0.2, 0.25) is 0 Å². The molecule has 0 saturated carbocycles. The Morgan fingerprint density at radius 3 is 1.55 bits per heavy atom. The van der Waals surface area contributed by atoms with Crippen LogP contribution in [0.25, 0.3) is 0 Å². The maximum Gasteiger partial charge on any atom is 0.0465 e. The lowest BCUT2D eigenvalue weighted by Gasteiger charge is -1.99. The largest absolute Gasteiger partial charge is 0.381 e. The van der Waals surface area contributed by atoms with Crippen LogP contribution in [0, 0.1) is 0 Å². The van der Waals surface area contributed by atoms with E-state index in [4.69, 9.17) is 4.74 Å². The monoisotopic (exact) mass is 183 g/mol.